The van der Waals surface area contributed by atoms with E-state index in [1.165, 1.54) is 4.68 Å². The second-order valence-corrected chi connectivity index (χ2v) is 5.00. The van der Waals surface area contributed by atoms with Crippen LogP contribution in [0.5, 0.6) is 0 Å². The molecule has 2 heterocycles. The molecular formula is C12H20N6O3. The van der Waals surface area contributed by atoms with Gasteiger partial charge >= 0.3 is 5.97 Å². The van der Waals surface area contributed by atoms with E-state index < -0.39 is 12.0 Å². The van der Waals surface area contributed by atoms with E-state index in [1.807, 2.05) is 4.90 Å². The standard InChI is InChI=1S/C12H20N6O3/c1-9(12(20)21)16-4-6-17(7-5-16)11(19)10-8-18(3-2-13)15-14-10/h8-9H,2-7,13H2,1H3,(H,20,21). The topological polar surface area (TPSA) is 118 Å². The van der Waals surface area contributed by atoms with E-state index in [4.69, 9.17) is 10.8 Å². The van der Waals surface area contributed by atoms with Crippen LogP contribution in [-0.4, -0.2) is 80.5 Å². The highest BCUT2D eigenvalue weighted by Gasteiger charge is 2.28. The summed E-state index contributed by atoms with van der Waals surface area (Å²) >= 11 is 0. The van der Waals surface area contributed by atoms with Crippen LogP contribution < -0.4 is 5.73 Å². The largest absolute Gasteiger partial charge is 0.480 e. The molecule has 1 saturated heterocycles. The normalized spacial score (nSPS) is 17.7. The Morgan fingerprint density at radius 3 is 2.62 bits per heavy atom. The van der Waals surface area contributed by atoms with E-state index in [2.05, 4.69) is 10.3 Å². The molecule has 0 aromatic carbocycles. The third-order valence-electron chi connectivity index (χ3n) is 3.62. The number of carboxylic acid groups (broad SMARTS) is 1. The summed E-state index contributed by atoms with van der Waals surface area (Å²) in [5.41, 5.74) is 5.71. The predicted molar refractivity (Wildman–Crippen MR) is 73.7 cm³/mol. The summed E-state index contributed by atoms with van der Waals surface area (Å²) in [6.45, 7) is 4.65. The Morgan fingerprint density at radius 1 is 1.38 bits per heavy atom. The molecule has 0 radical (unpaired) electrons. The van der Waals surface area contributed by atoms with E-state index >= 15 is 0 Å². The number of nitrogens with two attached hydrogens (primary N) is 1. The second kappa shape index (κ2) is 6.64. The van der Waals surface area contributed by atoms with Crippen LogP contribution in [0.2, 0.25) is 0 Å². The third kappa shape index (κ3) is 3.56. The molecule has 21 heavy (non-hydrogen) atoms. The van der Waals surface area contributed by atoms with Gasteiger partial charge in [0.25, 0.3) is 5.91 Å². The molecule has 3 N–H and O–H groups in total. The molecule has 0 aliphatic carbocycles. The van der Waals surface area contributed by atoms with Crippen molar-refractivity contribution in [2.45, 2.75) is 19.5 Å². The number of aromatic nitrogens is 3. The fraction of sp³-hybridized carbons (Fsp3) is 0.667. The molecular weight excluding hydrogens is 276 g/mol. The molecule has 1 fully saturated rings. The smallest absolute Gasteiger partial charge is 0.320 e. The molecule has 9 nitrogen and oxygen atoms in total. The fourth-order valence-electron chi connectivity index (χ4n) is 2.27. The number of carbonyl (C=O) groups is 2. The van der Waals surface area contributed by atoms with Gasteiger partial charge in [-0.1, -0.05) is 5.21 Å². The Hall–Kier alpha value is -2.00. The SMILES string of the molecule is CC(C(=O)O)N1CCN(C(=O)c2cn(CCN)nn2)CC1. The first-order valence-electron chi connectivity index (χ1n) is 6.89. The van der Waals surface area contributed by atoms with Crippen LogP contribution in [0.1, 0.15) is 17.4 Å². The van der Waals surface area contributed by atoms with Crippen LogP contribution in [0.4, 0.5) is 0 Å². The van der Waals surface area contributed by atoms with Gasteiger partial charge in [0.05, 0.1) is 12.7 Å². The Bertz CT molecular complexity index is 509. The quantitative estimate of drug-likeness (QED) is 0.676. The number of hydrogen-bond donors (Lipinski definition) is 2. The highest BCUT2D eigenvalue weighted by Crippen LogP contribution is 2.09. The highest BCUT2D eigenvalue weighted by atomic mass is 16.4. The van der Waals surface area contributed by atoms with E-state index in [0.29, 0.717) is 45.0 Å². The van der Waals surface area contributed by atoms with E-state index in [0.717, 1.165) is 0 Å². The summed E-state index contributed by atoms with van der Waals surface area (Å²) in [4.78, 5) is 26.7. The van der Waals surface area contributed by atoms with Gasteiger partial charge in [-0.25, -0.2) is 0 Å². The average molecular weight is 296 g/mol. The minimum absolute atomic E-state index is 0.180. The summed E-state index contributed by atoms with van der Waals surface area (Å²) in [6.07, 6.45) is 1.58. The molecule has 1 aliphatic rings. The summed E-state index contributed by atoms with van der Waals surface area (Å²) in [7, 11) is 0. The van der Waals surface area contributed by atoms with Crippen molar-refractivity contribution in [1.82, 2.24) is 24.8 Å². The summed E-state index contributed by atoms with van der Waals surface area (Å²) in [5.74, 6) is -1.03. The molecule has 1 aromatic rings. The van der Waals surface area contributed by atoms with Crippen molar-refractivity contribution in [2.24, 2.45) is 5.73 Å². The number of hydrogen-bond acceptors (Lipinski definition) is 6. The Morgan fingerprint density at radius 2 is 2.05 bits per heavy atom. The molecule has 2 rings (SSSR count). The van der Waals surface area contributed by atoms with Gasteiger partial charge in [-0.15, -0.1) is 5.10 Å². The lowest BCUT2D eigenvalue weighted by atomic mass is 10.2. The van der Waals surface area contributed by atoms with Gasteiger partial charge in [-0.3, -0.25) is 19.2 Å². The van der Waals surface area contributed by atoms with Gasteiger partial charge in [-0.2, -0.15) is 0 Å². The van der Waals surface area contributed by atoms with Crippen molar-refractivity contribution in [3.05, 3.63) is 11.9 Å². The number of amides is 1. The number of nitrogens with zero attached hydrogens (tertiary/aromatic N) is 5. The van der Waals surface area contributed by atoms with E-state index in [9.17, 15) is 9.59 Å². The zero-order valence-electron chi connectivity index (χ0n) is 12.0. The minimum Gasteiger partial charge on any atom is -0.480 e. The van der Waals surface area contributed by atoms with Crippen LogP contribution >= 0.6 is 0 Å². The monoisotopic (exact) mass is 296 g/mol. The van der Waals surface area contributed by atoms with Gasteiger partial charge in [0.1, 0.15) is 6.04 Å². The van der Waals surface area contributed by atoms with Crippen LogP contribution in [-0.2, 0) is 11.3 Å². The maximum atomic E-state index is 12.3. The Kier molecular flexibility index (Phi) is 4.86. The predicted octanol–water partition coefficient (Wildman–Crippen LogP) is -1.53. The highest BCUT2D eigenvalue weighted by molar-refractivity contribution is 5.92. The summed E-state index contributed by atoms with van der Waals surface area (Å²) in [5, 5.41) is 16.7. The number of rotatable bonds is 5. The maximum Gasteiger partial charge on any atom is 0.320 e. The molecule has 116 valence electrons. The molecule has 1 amide bonds. The zero-order valence-corrected chi connectivity index (χ0v) is 12.0. The minimum atomic E-state index is -0.848. The lowest BCUT2D eigenvalue weighted by Gasteiger charge is -2.36. The zero-order chi connectivity index (χ0) is 15.4. The van der Waals surface area contributed by atoms with Gasteiger partial charge in [0.2, 0.25) is 0 Å². The van der Waals surface area contributed by atoms with Crippen molar-refractivity contribution in [3.8, 4) is 0 Å². The third-order valence-corrected chi connectivity index (χ3v) is 3.62. The first-order valence-corrected chi connectivity index (χ1v) is 6.89. The summed E-state index contributed by atoms with van der Waals surface area (Å²) < 4.78 is 1.54. The molecule has 9 heteroatoms. The maximum absolute atomic E-state index is 12.3. The van der Waals surface area contributed by atoms with Crippen LogP contribution in [0, 0.1) is 0 Å². The first kappa shape index (κ1) is 15.4. The molecule has 1 aromatic heterocycles. The molecule has 0 bridgehead atoms. The lowest BCUT2D eigenvalue weighted by Crippen LogP contribution is -2.53. The molecule has 1 atom stereocenters. The first-order chi connectivity index (χ1) is 10.0. The van der Waals surface area contributed by atoms with E-state index in [-0.39, 0.29) is 5.91 Å². The van der Waals surface area contributed by atoms with E-state index in [1.54, 1.807) is 18.0 Å². The van der Waals surface area contributed by atoms with Gasteiger partial charge < -0.3 is 15.7 Å². The van der Waals surface area contributed by atoms with Crippen LogP contribution in [0.3, 0.4) is 0 Å². The van der Waals surface area contributed by atoms with Gasteiger partial charge in [0.15, 0.2) is 5.69 Å². The van der Waals surface area contributed by atoms with Crippen molar-refractivity contribution in [2.75, 3.05) is 32.7 Å². The number of piperazine rings is 1. The second-order valence-electron chi connectivity index (χ2n) is 5.00. The molecule has 1 unspecified atom stereocenters. The van der Waals surface area contributed by atoms with Crippen LogP contribution in [0.25, 0.3) is 0 Å². The van der Waals surface area contributed by atoms with Gasteiger partial charge in [0, 0.05) is 32.7 Å². The average Bonchev–Trinajstić information content (AvgIpc) is 2.95. The molecule has 1 aliphatic heterocycles. The van der Waals surface area contributed by atoms with Gasteiger partial charge in [-0.05, 0) is 6.92 Å². The Balaban J connectivity index is 1.92. The Labute approximate surface area is 122 Å². The molecule has 0 spiro atoms. The number of carbonyl (C=O) groups excluding carboxylic acids is 1. The van der Waals surface area contributed by atoms with Crippen molar-refractivity contribution in [1.29, 1.82) is 0 Å². The van der Waals surface area contributed by atoms with Crippen LogP contribution in [0.15, 0.2) is 6.20 Å². The number of aliphatic carboxylic acids is 1. The number of carboxylic acids is 1. The fourth-order valence-corrected chi connectivity index (χ4v) is 2.27. The van der Waals surface area contributed by atoms with Crippen molar-refractivity contribution < 1.29 is 14.7 Å². The van der Waals surface area contributed by atoms with Crippen molar-refractivity contribution >= 4 is 11.9 Å². The lowest BCUT2D eigenvalue weighted by molar-refractivity contribution is -0.143. The van der Waals surface area contributed by atoms with Crippen molar-refractivity contribution in [3.63, 3.8) is 0 Å². The molecule has 0 saturated carbocycles. The summed E-state index contributed by atoms with van der Waals surface area (Å²) in [6, 6.07) is -0.535.